The van der Waals surface area contributed by atoms with Crippen molar-refractivity contribution in [1.82, 2.24) is 4.90 Å². The number of hydrogen-bond acceptors (Lipinski definition) is 7. The number of ketones is 1. The minimum atomic E-state index is -0.413. The lowest BCUT2D eigenvalue weighted by atomic mass is 9.85. The highest BCUT2D eigenvalue weighted by atomic mass is 16.7. The Labute approximate surface area is 212 Å². The molecule has 0 bridgehead atoms. The van der Waals surface area contributed by atoms with Crippen LogP contribution in [0.1, 0.15) is 70.0 Å². The van der Waals surface area contributed by atoms with Gasteiger partial charge in [0, 0.05) is 17.0 Å². The molecule has 0 unspecified atom stereocenters. The molecule has 1 amide bonds. The van der Waals surface area contributed by atoms with Crippen LogP contribution in [0, 0.1) is 26.7 Å². The van der Waals surface area contributed by atoms with Gasteiger partial charge in [-0.2, -0.15) is 0 Å². The normalized spacial score (nSPS) is 17.2. The van der Waals surface area contributed by atoms with Crippen molar-refractivity contribution in [3.63, 3.8) is 0 Å². The Balaban J connectivity index is 1.71. The molecule has 36 heavy (non-hydrogen) atoms. The lowest BCUT2D eigenvalue weighted by molar-refractivity contribution is -0.137. The fourth-order valence-corrected chi connectivity index (χ4v) is 5.79. The number of aliphatic hydroxyl groups excluding tert-OH is 1. The van der Waals surface area contributed by atoms with Gasteiger partial charge >= 0.3 is 0 Å². The summed E-state index contributed by atoms with van der Waals surface area (Å²) in [5.41, 5.74) is 5.36. The molecule has 2 aromatic carbocycles. The molecule has 8 nitrogen and oxygen atoms in total. The average Bonchev–Trinajstić information content (AvgIpc) is 3.34. The lowest BCUT2D eigenvalue weighted by Crippen LogP contribution is -2.45. The summed E-state index contributed by atoms with van der Waals surface area (Å²) in [6, 6.07) is 1.62. The molecule has 0 radical (unpaired) electrons. The number of carbonyl (C=O) groups is 2. The summed E-state index contributed by atoms with van der Waals surface area (Å²) in [4.78, 5) is 28.9. The molecule has 194 valence electrons. The van der Waals surface area contributed by atoms with Crippen LogP contribution in [0.5, 0.6) is 23.0 Å². The number of methoxy groups -OCH3 is 2. The summed E-state index contributed by atoms with van der Waals surface area (Å²) < 4.78 is 22.6. The Bertz CT molecular complexity index is 1220. The van der Waals surface area contributed by atoms with Gasteiger partial charge in [0.15, 0.2) is 17.3 Å². The van der Waals surface area contributed by atoms with Crippen molar-refractivity contribution in [2.75, 3.05) is 27.6 Å². The number of hydrogen-bond donors (Lipinski definition) is 1. The number of fused-ring (bicyclic) bond motifs is 3. The van der Waals surface area contributed by atoms with Crippen molar-refractivity contribution in [2.24, 2.45) is 5.92 Å². The number of rotatable bonds is 7. The van der Waals surface area contributed by atoms with E-state index in [0.29, 0.717) is 41.2 Å². The smallest absolute Gasteiger partial charge is 0.231 e. The fraction of sp³-hybridized carbons (Fsp3) is 0.500. The standard InChI is InChI=1S/C28H35NO7/c1-8-20-22-23(25(34-7)17(5)26-27(22)36-13-35-26)21(31)11-29(20)28(32)15(3)10-18-9-14(2)24(33-6)16(4)19(18)12-30/h9,15,20,30H,8,10-13H2,1-7H3/t15-,20-/m0/s1. The zero-order valence-electron chi connectivity index (χ0n) is 22.1. The van der Waals surface area contributed by atoms with E-state index in [1.807, 2.05) is 40.7 Å². The van der Waals surface area contributed by atoms with E-state index in [1.165, 1.54) is 7.11 Å². The third kappa shape index (κ3) is 3.97. The first-order valence-electron chi connectivity index (χ1n) is 12.3. The quantitative estimate of drug-likeness (QED) is 0.613. The summed E-state index contributed by atoms with van der Waals surface area (Å²) in [6.45, 7) is 9.46. The summed E-state index contributed by atoms with van der Waals surface area (Å²) >= 11 is 0. The number of amides is 1. The van der Waals surface area contributed by atoms with Gasteiger partial charge in [0.25, 0.3) is 0 Å². The number of nitrogens with zero attached hydrogens (tertiary/aromatic N) is 1. The first-order chi connectivity index (χ1) is 17.2. The first kappa shape index (κ1) is 25.8. The van der Waals surface area contributed by atoms with Gasteiger partial charge in [-0.3, -0.25) is 9.59 Å². The monoisotopic (exact) mass is 497 g/mol. The van der Waals surface area contributed by atoms with E-state index in [9.17, 15) is 14.7 Å². The lowest BCUT2D eigenvalue weighted by Gasteiger charge is -2.38. The minimum absolute atomic E-state index is 0.0301. The number of aryl methyl sites for hydroxylation is 1. The summed E-state index contributed by atoms with van der Waals surface area (Å²) in [7, 11) is 3.15. The molecule has 0 aromatic heterocycles. The number of ether oxygens (including phenoxy) is 4. The predicted octanol–water partition coefficient (Wildman–Crippen LogP) is 4.20. The number of benzene rings is 2. The van der Waals surface area contributed by atoms with Crippen molar-refractivity contribution in [3.05, 3.63) is 45.0 Å². The van der Waals surface area contributed by atoms with E-state index in [4.69, 9.17) is 18.9 Å². The third-order valence-corrected chi connectivity index (χ3v) is 7.45. The van der Waals surface area contributed by atoms with Crippen LogP contribution in [0.4, 0.5) is 0 Å². The Kier molecular flexibility index (Phi) is 7.18. The van der Waals surface area contributed by atoms with Gasteiger partial charge in [0.05, 0.1) is 39.0 Å². The molecule has 1 N–H and O–H groups in total. The highest BCUT2D eigenvalue weighted by Crippen LogP contribution is 2.52. The van der Waals surface area contributed by atoms with Gasteiger partial charge in [0.2, 0.25) is 12.7 Å². The largest absolute Gasteiger partial charge is 0.496 e. The highest BCUT2D eigenvalue weighted by Gasteiger charge is 2.43. The maximum atomic E-state index is 13.8. The Morgan fingerprint density at radius 2 is 1.81 bits per heavy atom. The molecule has 0 fully saturated rings. The van der Waals surface area contributed by atoms with E-state index in [0.717, 1.165) is 33.6 Å². The Morgan fingerprint density at radius 3 is 2.42 bits per heavy atom. The second kappa shape index (κ2) is 10.0. The summed E-state index contributed by atoms with van der Waals surface area (Å²) in [5.74, 6) is 1.60. The summed E-state index contributed by atoms with van der Waals surface area (Å²) in [6.07, 6.45) is 1.03. The number of carbonyl (C=O) groups excluding carboxylic acids is 2. The number of aliphatic hydroxyl groups is 1. The molecule has 8 heteroatoms. The van der Waals surface area contributed by atoms with Gasteiger partial charge in [-0.1, -0.05) is 19.9 Å². The highest BCUT2D eigenvalue weighted by molar-refractivity contribution is 6.06. The maximum Gasteiger partial charge on any atom is 0.231 e. The van der Waals surface area contributed by atoms with Crippen LogP contribution >= 0.6 is 0 Å². The molecule has 2 aromatic rings. The molecule has 2 atom stereocenters. The van der Waals surface area contributed by atoms with E-state index in [-0.39, 0.29) is 37.7 Å². The van der Waals surface area contributed by atoms with Gasteiger partial charge in [0.1, 0.15) is 11.5 Å². The Morgan fingerprint density at radius 1 is 1.14 bits per heavy atom. The van der Waals surface area contributed by atoms with E-state index < -0.39 is 5.92 Å². The molecule has 2 heterocycles. The van der Waals surface area contributed by atoms with E-state index >= 15 is 0 Å². The minimum Gasteiger partial charge on any atom is -0.496 e. The zero-order valence-corrected chi connectivity index (χ0v) is 22.1. The maximum absolute atomic E-state index is 13.8. The second-order valence-corrected chi connectivity index (χ2v) is 9.58. The van der Waals surface area contributed by atoms with Gasteiger partial charge in [-0.25, -0.2) is 0 Å². The van der Waals surface area contributed by atoms with Crippen molar-refractivity contribution >= 4 is 11.7 Å². The molecule has 2 aliphatic rings. The van der Waals surface area contributed by atoms with Crippen LogP contribution in [0.3, 0.4) is 0 Å². The van der Waals surface area contributed by atoms with Crippen LogP contribution in [-0.4, -0.2) is 49.3 Å². The summed E-state index contributed by atoms with van der Waals surface area (Å²) in [5, 5.41) is 10.1. The van der Waals surface area contributed by atoms with Crippen LogP contribution in [0.2, 0.25) is 0 Å². The fourth-order valence-electron chi connectivity index (χ4n) is 5.79. The van der Waals surface area contributed by atoms with Crippen LogP contribution in [0.25, 0.3) is 0 Å². The van der Waals surface area contributed by atoms with Crippen molar-refractivity contribution in [3.8, 4) is 23.0 Å². The van der Waals surface area contributed by atoms with E-state index in [2.05, 4.69) is 0 Å². The predicted molar refractivity (Wildman–Crippen MR) is 134 cm³/mol. The topological polar surface area (TPSA) is 94.5 Å². The molecular formula is C28H35NO7. The SMILES string of the molecule is CC[C@H]1c2c3c(c(C)c(OC)c2C(=O)CN1C(=O)[C@@H](C)Cc1cc(C)c(OC)c(C)c1CO)OCO3. The zero-order chi connectivity index (χ0) is 26.3. The molecule has 2 aliphatic heterocycles. The molecule has 4 rings (SSSR count). The van der Waals surface area contributed by atoms with E-state index in [1.54, 1.807) is 12.0 Å². The second-order valence-electron chi connectivity index (χ2n) is 9.58. The number of Topliss-reactive ketones (excluding diaryl/α,β-unsaturated/α-hetero) is 1. The van der Waals surface area contributed by atoms with Gasteiger partial charge in [-0.15, -0.1) is 0 Å². The Hall–Kier alpha value is -3.26. The van der Waals surface area contributed by atoms with Crippen molar-refractivity contribution in [1.29, 1.82) is 0 Å². The molecule has 0 aliphatic carbocycles. The van der Waals surface area contributed by atoms with Crippen molar-refractivity contribution < 1.29 is 33.6 Å². The van der Waals surface area contributed by atoms with Crippen LogP contribution < -0.4 is 18.9 Å². The molecule has 0 saturated carbocycles. The molecule has 0 spiro atoms. The van der Waals surface area contributed by atoms with Gasteiger partial charge < -0.3 is 29.0 Å². The average molecular weight is 498 g/mol. The first-order valence-corrected chi connectivity index (χ1v) is 12.3. The van der Waals surface area contributed by atoms with Crippen LogP contribution in [-0.2, 0) is 17.8 Å². The van der Waals surface area contributed by atoms with Crippen LogP contribution in [0.15, 0.2) is 6.07 Å². The van der Waals surface area contributed by atoms with Gasteiger partial charge in [-0.05, 0) is 55.9 Å². The third-order valence-electron chi connectivity index (χ3n) is 7.45. The molecular weight excluding hydrogens is 462 g/mol. The van der Waals surface area contributed by atoms with Crippen molar-refractivity contribution in [2.45, 2.75) is 60.1 Å². The molecule has 0 saturated heterocycles.